The van der Waals surface area contributed by atoms with E-state index in [1.165, 1.54) is 5.56 Å². The van der Waals surface area contributed by atoms with Crippen LogP contribution >= 0.6 is 0 Å². The number of carbonyl (C=O) groups is 2. The van der Waals surface area contributed by atoms with Gasteiger partial charge in [0, 0.05) is 30.0 Å². The van der Waals surface area contributed by atoms with Crippen molar-refractivity contribution >= 4 is 22.7 Å². The van der Waals surface area contributed by atoms with Crippen LogP contribution in [0.25, 0.3) is 10.9 Å². The number of ether oxygens (including phenoxy) is 2. The molecule has 0 radical (unpaired) electrons. The SMILES string of the molecule is NC(=O)C1(C(N)=O)CC1c1ccc(Oc2ccnc3cc(C4CCOC4)ccc23)cc1. The summed E-state index contributed by atoms with van der Waals surface area (Å²) in [5.41, 5.74) is 12.5. The predicted octanol–water partition coefficient (Wildman–Crippen LogP) is 2.98. The molecule has 2 aromatic carbocycles. The normalized spacial score (nSPS) is 21.7. The maximum atomic E-state index is 11.7. The van der Waals surface area contributed by atoms with Gasteiger partial charge < -0.3 is 20.9 Å². The molecule has 2 fully saturated rings. The molecule has 4 N–H and O–H groups in total. The molecule has 2 heterocycles. The zero-order chi connectivity index (χ0) is 21.6. The topological polar surface area (TPSA) is 118 Å². The highest BCUT2D eigenvalue weighted by Crippen LogP contribution is 2.59. The first-order valence-electron chi connectivity index (χ1n) is 10.3. The average molecular weight is 417 g/mol. The number of rotatable bonds is 6. The van der Waals surface area contributed by atoms with Gasteiger partial charge in [-0.15, -0.1) is 0 Å². The molecule has 7 heteroatoms. The van der Waals surface area contributed by atoms with Crippen LogP contribution in [0.2, 0.25) is 0 Å². The lowest BCUT2D eigenvalue weighted by molar-refractivity contribution is -0.133. The zero-order valence-electron chi connectivity index (χ0n) is 16.9. The van der Waals surface area contributed by atoms with Gasteiger partial charge in [0.25, 0.3) is 0 Å². The van der Waals surface area contributed by atoms with Gasteiger partial charge in [-0.3, -0.25) is 14.6 Å². The van der Waals surface area contributed by atoms with Crippen molar-refractivity contribution in [2.24, 2.45) is 16.9 Å². The number of primary amides is 2. The number of pyridine rings is 1. The molecule has 2 aliphatic rings. The Morgan fingerprint density at radius 3 is 2.42 bits per heavy atom. The van der Waals surface area contributed by atoms with E-state index in [0.717, 1.165) is 36.1 Å². The first-order chi connectivity index (χ1) is 15.0. The molecule has 1 aromatic heterocycles. The van der Waals surface area contributed by atoms with Gasteiger partial charge in [-0.2, -0.15) is 0 Å². The van der Waals surface area contributed by atoms with E-state index in [1.54, 1.807) is 6.20 Å². The summed E-state index contributed by atoms with van der Waals surface area (Å²) in [5, 5.41) is 0.929. The lowest BCUT2D eigenvalue weighted by Gasteiger charge is -2.13. The van der Waals surface area contributed by atoms with Gasteiger partial charge in [0.1, 0.15) is 16.9 Å². The molecule has 7 nitrogen and oxygen atoms in total. The summed E-state index contributed by atoms with van der Waals surface area (Å²) < 4.78 is 11.6. The predicted molar refractivity (Wildman–Crippen MR) is 115 cm³/mol. The van der Waals surface area contributed by atoms with Crippen molar-refractivity contribution in [2.45, 2.75) is 24.7 Å². The van der Waals surface area contributed by atoms with E-state index in [0.29, 0.717) is 23.8 Å². The van der Waals surface area contributed by atoms with Gasteiger partial charge in [0.05, 0.1) is 12.1 Å². The standard InChI is InChI=1S/C24H23N3O4/c25-22(28)24(23(26)29)12-19(24)14-1-4-17(5-2-14)31-21-7-9-27-20-11-15(3-6-18(20)21)16-8-10-30-13-16/h1-7,9,11,16,19H,8,10,12-13H2,(H2,25,28)(H2,26,29). The third kappa shape index (κ3) is 3.31. The van der Waals surface area contributed by atoms with Crippen LogP contribution in [0.15, 0.2) is 54.7 Å². The number of hydrogen-bond acceptors (Lipinski definition) is 5. The minimum Gasteiger partial charge on any atom is -0.457 e. The zero-order valence-corrected chi connectivity index (χ0v) is 16.9. The third-order valence-corrected chi connectivity index (χ3v) is 6.48. The van der Waals surface area contributed by atoms with Crippen LogP contribution in [0.1, 0.15) is 35.8 Å². The molecule has 2 unspecified atom stereocenters. The minimum atomic E-state index is -1.27. The third-order valence-electron chi connectivity index (χ3n) is 6.48. The number of hydrogen-bond donors (Lipinski definition) is 2. The Kier molecular flexibility index (Phi) is 4.63. The Labute approximate surface area is 179 Å². The van der Waals surface area contributed by atoms with Gasteiger partial charge in [-0.05, 0) is 54.3 Å². The van der Waals surface area contributed by atoms with Crippen molar-refractivity contribution in [1.29, 1.82) is 0 Å². The highest BCUT2D eigenvalue weighted by Gasteiger charge is 2.64. The van der Waals surface area contributed by atoms with E-state index in [4.69, 9.17) is 20.9 Å². The van der Waals surface area contributed by atoms with Crippen molar-refractivity contribution in [3.63, 3.8) is 0 Å². The number of nitrogens with zero attached hydrogens (tertiary/aromatic N) is 1. The van der Waals surface area contributed by atoms with Crippen molar-refractivity contribution < 1.29 is 19.1 Å². The lowest BCUT2D eigenvalue weighted by atomic mass is 9.97. The van der Waals surface area contributed by atoms with Crippen LogP contribution in [-0.4, -0.2) is 30.0 Å². The second-order valence-electron chi connectivity index (χ2n) is 8.27. The van der Waals surface area contributed by atoms with Crippen LogP contribution in [-0.2, 0) is 14.3 Å². The first-order valence-corrected chi connectivity index (χ1v) is 10.3. The summed E-state index contributed by atoms with van der Waals surface area (Å²) in [6.45, 7) is 1.55. The van der Waals surface area contributed by atoms with E-state index < -0.39 is 17.2 Å². The summed E-state index contributed by atoms with van der Waals surface area (Å²) in [5.74, 6) is 0.153. The molecule has 5 rings (SSSR count). The number of fused-ring (bicyclic) bond motifs is 1. The van der Waals surface area contributed by atoms with E-state index in [2.05, 4.69) is 17.1 Å². The van der Waals surface area contributed by atoms with Crippen molar-refractivity contribution in [3.05, 3.63) is 65.9 Å². The Morgan fingerprint density at radius 2 is 1.77 bits per heavy atom. The van der Waals surface area contributed by atoms with Crippen LogP contribution in [0.5, 0.6) is 11.5 Å². The lowest BCUT2D eigenvalue weighted by Crippen LogP contribution is -2.38. The van der Waals surface area contributed by atoms with Crippen LogP contribution in [0.3, 0.4) is 0 Å². The smallest absolute Gasteiger partial charge is 0.233 e. The van der Waals surface area contributed by atoms with Crippen molar-refractivity contribution in [2.75, 3.05) is 13.2 Å². The fraction of sp³-hybridized carbons (Fsp3) is 0.292. The van der Waals surface area contributed by atoms with E-state index in [9.17, 15) is 9.59 Å². The molecule has 2 atom stereocenters. The second kappa shape index (κ2) is 7.35. The van der Waals surface area contributed by atoms with Crippen LogP contribution in [0, 0.1) is 5.41 Å². The molecule has 1 saturated heterocycles. The fourth-order valence-electron chi connectivity index (χ4n) is 4.51. The van der Waals surface area contributed by atoms with Gasteiger partial charge in [-0.25, -0.2) is 0 Å². The Morgan fingerprint density at radius 1 is 1.03 bits per heavy atom. The molecule has 3 aromatic rings. The maximum Gasteiger partial charge on any atom is 0.233 e. The largest absolute Gasteiger partial charge is 0.457 e. The molecule has 2 amide bonds. The number of amides is 2. The number of carbonyl (C=O) groups excluding carboxylic acids is 2. The summed E-state index contributed by atoms with van der Waals surface area (Å²) >= 11 is 0. The molecule has 1 aliphatic carbocycles. The number of aromatic nitrogens is 1. The Bertz CT molecular complexity index is 1160. The quantitative estimate of drug-likeness (QED) is 0.598. The van der Waals surface area contributed by atoms with Gasteiger partial charge in [-0.1, -0.05) is 18.2 Å². The second-order valence-corrected chi connectivity index (χ2v) is 8.27. The first kappa shape index (κ1) is 19.5. The van der Waals surface area contributed by atoms with E-state index in [-0.39, 0.29) is 5.92 Å². The molecule has 0 bridgehead atoms. The summed E-state index contributed by atoms with van der Waals surface area (Å²) in [4.78, 5) is 28.0. The van der Waals surface area contributed by atoms with E-state index in [1.807, 2.05) is 36.4 Å². The minimum absolute atomic E-state index is 0.281. The number of benzene rings is 2. The molecule has 0 spiro atoms. The fourth-order valence-corrected chi connectivity index (χ4v) is 4.51. The van der Waals surface area contributed by atoms with Crippen molar-refractivity contribution in [1.82, 2.24) is 4.98 Å². The highest BCUT2D eigenvalue weighted by atomic mass is 16.5. The molecular weight excluding hydrogens is 394 g/mol. The van der Waals surface area contributed by atoms with Crippen LogP contribution in [0.4, 0.5) is 0 Å². The molecule has 31 heavy (non-hydrogen) atoms. The van der Waals surface area contributed by atoms with E-state index >= 15 is 0 Å². The highest BCUT2D eigenvalue weighted by molar-refractivity contribution is 6.08. The van der Waals surface area contributed by atoms with Gasteiger partial charge in [0.2, 0.25) is 11.8 Å². The van der Waals surface area contributed by atoms with Gasteiger partial charge >= 0.3 is 0 Å². The van der Waals surface area contributed by atoms with Gasteiger partial charge in [0.15, 0.2) is 0 Å². The van der Waals surface area contributed by atoms with Crippen molar-refractivity contribution in [3.8, 4) is 11.5 Å². The summed E-state index contributed by atoms with van der Waals surface area (Å²) in [6, 6.07) is 15.4. The summed E-state index contributed by atoms with van der Waals surface area (Å²) in [7, 11) is 0. The average Bonchev–Trinajstić information content (AvgIpc) is 3.31. The molecular formula is C24H23N3O4. The molecule has 1 saturated carbocycles. The summed E-state index contributed by atoms with van der Waals surface area (Å²) in [6.07, 6.45) is 3.11. The Balaban J connectivity index is 1.37. The maximum absolute atomic E-state index is 11.7. The molecule has 1 aliphatic heterocycles. The monoisotopic (exact) mass is 417 g/mol. The van der Waals surface area contributed by atoms with Crippen LogP contribution < -0.4 is 16.2 Å². The molecule has 158 valence electrons. The Hall–Kier alpha value is -3.45. The number of nitrogens with two attached hydrogens (primary N) is 2.